The lowest BCUT2D eigenvalue weighted by Gasteiger charge is -2.27. The van der Waals surface area contributed by atoms with Crippen LogP contribution < -0.4 is 5.32 Å². The Hall–Kier alpha value is -1.76. The smallest absolute Gasteiger partial charge is 0.417 e. The number of amides is 1. The van der Waals surface area contributed by atoms with Gasteiger partial charge in [-0.2, -0.15) is 13.2 Å². The molecule has 2 atom stereocenters. The van der Waals surface area contributed by atoms with Crippen molar-refractivity contribution in [2.24, 2.45) is 11.8 Å². The SMILES string of the molecule is O=C(O)C1CCCCC1C(=O)Nc1ccc(Cl)c(C(F)(F)F)c1. The molecular weight excluding hydrogens is 335 g/mol. The Morgan fingerprint density at radius 2 is 1.78 bits per heavy atom. The van der Waals surface area contributed by atoms with Gasteiger partial charge < -0.3 is 10.4 Å². The average molecular weight is 350 g/mol. The topological polar surface area (TPSA) is 66.4 Å². The predicted molar refractivity (Wildman–Crippen MR) is 78.2 cm³/mol. The Labute approximate surface area is 135 Å². The van der Waals surface area contributed by atoms with Crippen LogP contribution in [0.2, 0.25) is 5.02 Å². The van der Waals surface area contributed by atoms with Crippen LogP contribution in [-0.2, 0) is 15.8 Å². The molecule has 126 valence electrons. The van der Waals surface area contributed by atoms with Gasteiger partial charge in [0, 0.05) is 5.69 Å². The van der Waals surface area contributed by atoms with Gasteiger partial charge in [0.1, 0.15) is 0 Å². The molecule has 4 nitrogen and oxygen atoms in total. The van der Waals surface area contributed by atoms with Crippen LogP contribution in [0.5, 0.6) is 0 Å². The fraction of sp³-hybridized carbons (Fsp3) is 0.467. The molecule has 0 spiro atoms. The van der Waals surface area contributed by atoms with E-state index >= 15 is 0 Å². The Bertz CT molecular complexity index is 618. The van der Waals surface area contributed by atoms with Crippen LogP contribution in [0.15, 0.2) is 18.2 Å². The average Bonchev–Trinajstić information content (AvgIpc) is 2.48. The van der Waals surface area contributed by atoms with Gasteiger partial charge in [-0.05, 0) is 31.0 Å². The molecule has 8 heteroatoms. The number of nitrogens with one attached hydrogen (secondary N) is 1. The minimum atomic E-state index is -4.63. The maximum absolute atomic E-state index is 12.8. The highest BCUT2D eigenvalue weighted by Gasteiger charge is 2.36. The summed E-state index contributed by atoms with van der Waals surface area (Å²) in [4.78, 5) is 23.4. The van der Waals surface area contributed by atoms with E-state index in [4.69, 9.17) is 16.7 Å². The molecule has 2 unspecified atom stereocenters. The Morgan fingerprint density at radius 3 is 2.35 bits per heavy atom. The van der Waals surface area contributed by atoms with E-state index in [1.54, 1.807) is 0 Å². The second kappa shape index (κ2) is 6.78. The summed E-state index contributed by atoms with van der Waals surface area (Å²) in [6.45, 7) is 0. The number of carboxylic acids is 1. The molecule has 0 heterocycles. The van der Waals surface area contributed by atoms with Crippen LogP contribution in [0.4, 0.5) is 18.9 Å². The number of carboxylic acid groups (broad SMARTS) is 1. The fourth-order valence-electron chi connectivity index (χ4n) is 2.80. The molecule has 0 saturated heterocycles. The van der Waals surface area contributed by atoms with E-state index in [-0.39, 0.29) is 5.69 Å². The number of halogens is 4. The minimum absolute atomic E-state index is 0.0542. The summed E-state index contributed by atoms with van der Waals surface area (Å²) < 4.78 is 38.4. The predicted octanol–water partition coefficient (Wildman–Crippen LogP) is 4.19. The van der Waals surface area contributed by atoms with E-state index in [1.165, 1.54) is 6.07 Å². The Balaban J connectivity index is 2.18. The molecule has 1 saturated carbocycles. The molecule has 2 N–H and O–H groups in total. The van der Waals surface area contributed by atoms with Gasteiger partial charge in [0.05, 0.1) is 22.4 Å². The van der Waals surface area contributed by atoms with Crippen molar-refractivity contribution < 1.29 is 27.9 Å². The number of rotatable bonds is 3. The zero-order chi connectivity index (χ0) is 17.2. The zero-order valence-corrected chi connectivity index (χ0v) is 12.7. The summed E-state index contributed by atoms with van der Waals surface area (Å²) >= 11 is 5.52. The van der Waals surface area contributed by atoms with Crippen molar-refractivity contribution in [2.45, 2.75) is 31.9 Å². The highest BCUT2D eigenvalue weighted by atomic mass is 35.5. The van der Waals surface area contributed by atoms with Crippen molar-refractivity contribution in [2.75, 3.05) is 5.32 Å². The van der Waals surface area contributed by atoms with Crippen LogP contribution in [0.1, 0.15) is 31.2 Å². The second-order valence-corrected chi connectivity index (χ2v) is 5.92. The van der Waals surface area contributed by atoms with E-state index in [0.717, 1.165) is 25.0 Å². The molecule has 2 rings (SSSR count). The lowest BCUT2D eigenvalue weighted by atomic mass is 9.78. The van der Waals surface area contributed by atoms with Crippen molar-refractivity contribution >= 4 is 29.2 Å². The number of hydrogen-bond donors (Lipinski definition) is 2. The monoisotopic (exact) mass is 349 g/mol. The molecule has 0 bridgehead atoms. The first kappa shape index (κ1) is 17.6. The van der Waals surface area contributed by atoms with Gasteiger partial charge in [0.15, 0.2) is 0 Å². The van der Waals surface area contributed by atoms with Crippen LogP contribution in [0, 0.1) is 11.8 Å². The molecule has 1 aliphatic carbocycles. The molecular formula is C15H15ClF3NO3. The largest absolute Gasteiger partial charge is 0.481 e. The first-order chi connectivity index (χ1) is 10.7. The summed E-state index contributed by atoms with van der Waals surface area (Å²) in [5, 5.41) is 11.1. The highest BCUT2D eigenvalue weighted by Crippen LogP contribution is 2.37. The van der Waals surface area contributed by atoms with Crippen LogP contribution >= 0.6 is 11.6 Å². The molecule has 0 aromatic heterocycles. The van der Waals surface area contributed by atoms with Crippen LogP contribution in [0.3, 0.4) is 0 Å². The number of benzene rings is 1. The van der Waals surface area contributed by atoms with Gasteiger partial charge >= 0.3 is 12.1 Å². The standard InChI is InChI=1S/C15H15ClF3NO3/c16-12-6-5-8(7-11(12)15(17,18)19)20-13(21)9-3-1-2-4-10(9)14(22)23/h5-7,9-10H,1-4H2,(H,20,21)(H,22,23). The number of anilines is 1. The van der Waals surface area contributed by atoms with Crippen LogP contribution in [-0.4, -0.2) is 17.0 Å². The van der Waals surface area contributed by atoms with E-state index in [1.807, 2.05) is 0 Å². The molecule has 0 radical (unpaired) electrons. The third-order valence-electron chi connectivity index (χ3n) is 3.96. The quantitative estimate of drug-likeness (QED) is 0.860. The van der Waals surface area contributed by atoms with Gasteiger partial charge in [0.25, 0.3) is 0 Å². The third-order valence-corrected chi connectivity index (χ3v) is 4.29. The maximum Gasteiger partial charge on any atom is 0.417 e. The fourth-order valence-corrected chi connectivity index (χ4v) is 3.02. The number of carbonyl (C=O) groups is 2. The summed E-state index contributed by atoms with van der Waals surface area (Å²) in [7, 11) is 0. The van der Waals surface area contributed by atoms with E-state index in [0.29, 0.717) is 12.8 Å². The first-order valence-electron chi connectivity index (χ1n) is 7.10. The van der Waals surface area contributed by atoms with E-state index < -0.39 is 40.5 Å². The number of hydrogen-bond acceptors (Lipinski definition) is 2. The van der Waals surface area contributed by atoms with Gasteiger partial charge in [-0.3, -0.25) is 9.59 Å². The summed E-state index contributed by atoms with van der Waals surface area (Å²) in [6, 6.07) is 3.06. The Morgan fingerprint density at radius 1 is 1.17 bits per heavy atom. The van der Waals surface area contributed by atoms with Crippen molar-refractivity contribution in [3.63, 3.8) is 0 Å². The number of alkyl halides is 3. The Kier molecular flexibility index (Phi) is 5.19. The first-order valence-corrected chi connectivity index (χ1v) is 7.48. The summed E-state index contributed by atoms with van der Waals surface area (Å²) in [6.07, 6.45) is -2.40. The molecule has 23 heavy (non-hydrogen) atoms. The molecule has 1 aliphatic rings. The molecule has 1 fully saturated rings. The normalized spacial score (nSPS) is 21.7. The molecule has 1 aromatic rings. The van der Waals surface area contributed by atoms with Gasteiger partial charge in [-0.25, -0.2) is 0 Å². The van der Waals surface area contributed by atoms with Gasteiger partial charge in [-0.15, -0.1) is 0 Å². The van der Waals surface area contributed by atoms with Crippen molar-refractivity contribution in [3.05, 3.63) is 28.8 Å². The van der Waals surface area contributed by atoms with Crippen molar-refractivity contribution in [1.82, 2.24) is 0 Å². The lowest BCUT2D eigenvalue weighted by molar-refractivity contribution is -0.147. The van der Waals surface area contributed by atoms with E-state index in [9.17, 15) is 22.8 Å². The van der Waals surface area contributed by atoms with Crippen LogP contribution in [0.25, 0.3) is 0 Å². The number of carbonyl (C=O) groups excluding carboxylic acids is 1. The number of aliphatic carboxylic acids is 1. The maximum atomic E-state index is 12.8. The van der Waals surface area contributed by atoms with Gasteiger partial charge in [0.2, 0.25) is 5.91 Å². The molecule has 1 aromatic carbocycles. The van der Waals surface area contributed by atoms with Crippen molar-refractivity contribution in [3.8, 4) is 0 Å². The zero-order valence-electron chi connectivity index (χ0n) is 12.0. The highest BCUT2D eigenvalue weighted by molar-refractivity contribution is 6.31. The van der Waals surface area contributed by atoms with Gasteiger partial charge in [-0.1, -0.05) is 24.4 Å². The molecule has 0 aliphatic heterocycles. The van der Waals surface area contributed by atoms with E-state index in [2.05, 4.69) is 5.32 Å². The second-order valence-electron chi connectivity index (χ2n) is 5.52. The third kappa shape index (κ3) is 4.16. The summed E-state index contributed by atoms with van der Waals surface area (Å²) in [5.41, 5.74) is -1.10. The van der Waals surface area contributed by atoms with Crippen molar-refractivity contribution in [1.29, 1.82) is 0 Å². The lowest BCUT2D eigenvalue weighted by Crippen LogP contribution is -2.36. The summed E-state index contributed by atoms with van der Waals surface area (Å²) in [5.74, 6) is -3.19. The molecule has 1 amide bonds. The minimum Gasteiger partial charge on any atom is -0.481 e.